The van der Waals surface area contributed by atoms with Crippen molar-refractivity contribution >= 4 is 11.7 Å². The summed E-state index contributed by atoms with van der Waals surface area (Å²) >= 11 is 0. The van der Waals surface area contributed by atoms with Crippen LogP contribution in [0.5, 0.6) is 0 Å². The van der Waals surface area contributed by atoms with Crippen molar-refractivity contribution in [3.05, 3.63) is 29.8 Å². The molecule has 0 spiro atoms. The third-order valence-corrected chi connectivity index (χ3v) is 4.04. The van der Waals surface area contributed by atoms with Crippen LogP contribution in [0.1, 0.15) is 38.7 Å². The molecule has 1 aromatic carbocycles. The van der Waals surface area contributed by atoms with E-state index in [0.29, 0.717) is 13.2 Å². The molecule has 0 aliphatic carbocycles. The van der Waals surface area contributed by atoms with Crippen molar-refractivity contribution in [2.24, 2.45) is 5.41 Å². The van der Waals surface area contributed by atoms with E-state index in [0.717, 1.165) is 30.5 Å². The minimum atomic E-state index is -0.200. The van der Waals surface area contributed by atoms with Gasteiger partial charge in [-0.25, -0.2) is 4.79 Å². The molecule has 0 saturated heterocycles. The van der Waals surface area contributed by atoms with E-state index in [2.05, 4.69) is 24.5 Å². The number of nitrogens with one attached hydrogen (secondary N) is 2. The number of ether oxygens (including phenoxy) is 3. The van der Waals surface area contributed by atoms with E-state index in [9.17, 15) is 4.79 Å². The quantitative estimate of drug-likeness (QED) is 0.595. The van der Waals surface area contributed by atoms with Crippen molar-refractivity contribution in [2.45, 2.75) is 46.0 Å². The number of methoxy groups -OCH3 is 3. The third kappa shape index (κ3) is 8.86. The highest BCUT2D eigenvalue weighted by Crippen LogP contribution is 2.23. The molecule has 25 heavy (non-hydrogen) atoms. The zero-order valence-corrected chi connectivity index (χ0v) is 16.1. The Morgan fingerprint density at radius 1 is 1.20 bits per heavy atom. The van der Waals surface area contributed by atoms with E-state index in [1.54, 1.807) is 21.3 Å². The largest absolute Gasteiger partial charge is 0.380 e. The summed E-state index contributed by atoms with van der Waals surface area (Å²) in [7, 11) is 4.94. The smallest absolute Gasteiger partial charge is 0.319 e. The van der Waals surface area contributed by atoms with Gasteiger partial charge in [0.05, 0.1) is 6.61 Å². The molecule has 0 aliphatic rings. The topological polar surface area (TPSA) is 68.8 Å². The lowest BCUT2D eigenvalue weighted by atomic mass is 9.87. The van der Waals surface area contributed by atoms with Crippen LogP contribution in [0.4, 0.5) is 10.5 Å². The van der Waals surface area contributed by atoms with Gasteiger partial charge >= 0.3 is 6.03 Å². The van der Waals surface area contributed by atoms with Crippen molar-refractivity contribution < 1.29 is 19.0 Å². The molecule has 0 bridgehead atoms. The fourth-order valence-corrected chi connectivity index (χ4v) is 2.57. The molecule has 6 heteroatoms. The number of hydrogen-bond donors (Lipinski definition) is 2. The van der Waals surface area contributed by atoms with Crippen molar-refractivity contribution in [3.8, 4) is 0 Å². The maximum atomic E-state index is 12.1. The highest BCUT2D eigenvalue weighted by molar-refractivity contribution is 5.89. The van der Waals surface area contributed by atoms with Crippen LogP contribution in [-0.4, -0.2) is 40.2 Å². The summed E-state index contributed by atoms with van der Waals surface area (Å²) in [5.74, 6) is 0. The Morgan fingerprint density at radius 3 is 2.56 bits per heavy atom. The maximum absolute atomic E-state index is 12.1. The number of hydrogen-bond acceptors (Lipinski definition) is 4. The predicted molar refractivity (Wildman–Crippen MR) is 99.6 cm³/mol. The summed E-state index contributed by atoms with van der Waals surface area (Å²) < 4.78 is 15.5. The SMILES string of the molecule is COCc1cccc(NC(=O)NCC(C)(C)CCCC(OC)OC)c1. The van der Waals surface area contributed by atoms with E-state index in [-0.39, 0.29) is 17.7 Å². The molecule has 142 valence electrons. The second-order valence-corrected chi connectivity index (χ2v) is 6.90. The van der Waals surface area contributed by atoms with Crippen molar-refractivity contribution in [1.29, 1.82) is 0 Å². The van der Waals surface area contributed by atoms with Crippen LogP contribution < -0.4 is 10.6 Å². The first-order valence-corrected chi connectivity index (χ1v) is 8.58. The van der Waals surface area contributed by atoms with Gasteiger partial charge in [0.2, 0.25) is 0 Å². The average molecular weight is 352 g/mol. The fourth-order valence-electron chi connectivity index (χ4n) is 2.57. The van der Waals surface area contributed by atoms with Gasteiger partial charge in [0.15, 0.2) is 6.29 Å². The first-order chi connectivity index (χ1) is 11.9. The summed E-state index contributed by atoms with van der Waals surface area (Å²) in [6, 6.07) is 7.43. The van der Waals surface area contributed by atoms with Gasteiger partial charge in [-0.1, -0.05) is 26.0 Å². The second kappa shape index (κ2) is 11.1. The summed E-state index contributed by atoms with van der Waals surface area (Å²) in [5.41, 5.74) is 1.78. The Bertz CT molecular complexity index is 516. The van der Waals surface area contributed by atoms with E-state index >= 15 is 0 Å². The molecule has 1 aromatic rings. The predicted octanol–water partition coefficient (Wildman–Crippen LogP) is 3.77. The van der Waals surface area contributed by atoms with Gasteiger partial charge in [-0.15, -0.1) is 0 Å². The van der Waals surface area contributed by atoms with E-state index < -0.39 is 0 Å². The Labute approximate surface area is 151 Å². The van der Waals surface area contributed by atoms with E-state index in [1.165, 1.54) is 0 Å². The Morgan fingerprint density at radius 2 is 1.92 bits per heavy atom. The lowest BCUT2D eigenvalue weighted by molar-refractivity contribution is -0.107. The normalized spacial score (nSPS) is 11.6. The lowest BCUT2D eigenvalue weighted by Crippen LogP contribution is -2.36. The summed E-state index contributed by atoms with van der Waals surface area (Å²) in [6.45, 7) is 5.40. The van der Waals surface area contributed by atoms with Crippen LogP contribution in [-0.2, 0) is 20.8 Å². The Hall–Kier alpha value is -1.63. The molecule has 1 rings (SSSR count). The van der Waals surface area contributed by atoms with Gasteiger partial charge in [-0.05, 0) is 42.4 Å². The molecule has 0 heterocycles. The number of urea groups is 1. The summed E-state index contributed by atoms with van der Waals surface area (Å²) in [6.07, 6.45) is 2.63. The van der Waals surface area contributed by atoms with Crippen molar-refractivity contribution in [3.63, 3.8) is 0 Å². The van der Waals surface area contributed by atoms with Gasteiger partial charge in [0.1, 0.15) is 0 Å². The molecular weight excluding hydrogens is 320 g/mol. The standard InChI is InChI=1S/C19H32N2O4/c1-19(2,11-7-10-17(24-4)25-5)14-20-18(22)21-16-9-6-8-15(12-16)13-23-3/h6,8-9,12,17H,7,10-11,13-14H2,1-5H3,(H2,20,21,22). The van der Waals surface area contributed by atoms with Gasteiger partial charge in [-0.2, -0.15) is 0 Å². The van der Waals surface area contributed by atoms with Crippen LogP contribution in [0.3, 0.4) is 0 Å². The van der Waals surface area contributed by atoms with Gasteiger partial charge < -0.3 is 24.8 Å². The van der Waals surface area contributed by atoms with Gasteiger partial charge in [-0.3, -0.25) is 0 Å². The molecule has 2 N–H and O–H groups in total. The second-order valence-electron chi connectivity index (χ2n) is 6.90. The zero-order valence-electron chi connectivity index (χ0n) is 16.1. The van der Waals surface area contributed by atoms with Crippen LogP contribution in [0.15, 0.2) is 24.3 Å². The molecule has 0 unspecified atom stereocenters. The molecule has 0 aliphatic heterocycles. The minimum Gasteiger partial charge on any atom is -0.380 e. The van der Waals surface area contributed by atoms with Crippen LogP contribution in [0.2, 0.25) is 0 Å². The van der Waals surface area contributed by atoms with Crippen LogP contribution in [0, 0.1) is 5.41 Å². The molecule has 0 aromatic heterocycles. The summed E-state index contributed by atoms with van der Waals surface area (Å²) in [4.78, 5) is 12.1. The lowest BCUT2D eigenvalue weighted by Gasteiger charge is -2.26. The van der Waals surface area contributed by atoms with E-state index in [4.69, 9.17) is 14.2 Å². The number of benzene rings is 1. The van der Waals surface area contributed by atoms with Gasteiger partial charge in [0, 0.05) is 33.6 Å². The number of carbonyl (C=O) groups is 1. The molecular formula is C19H32N2O4. The summed E-state index contributed by atoms with van der Waals surface area (Å²) in [5, 5.41) is 5.81. The fraction of sp³-hybridized carbons (Fsp3) is 0.632. The Balaban J connectivity index is 2.37. The number of anilines is 1. The molecule has 2 amide bonds. The van der Waals surface area contributed by atoms with Crippen LogP contribution in [0.25, 0.3) is 0 Å². The third-order valence-electron chi connectivity index (χ3n) is 4.04. The average Bonchev–Trinajstić information content (AvgIpc) is 2.58. The molecule has 0 atom stereocenters. The number of rotatable bonds is 11. The van der Waals surface area contributed by atoms with Crippen molar-refractivity contribution in [2.75, 3.05) is 33.2 Å². The van der Waals surface area contributed by atoms with Crippen LogP contribution >= 0.6 is 0 Å². The molecule has 0 saturated carbocycles. The van der Waals surface area contributed by atoms with Gasteiger partial charge in [0.25, 0.3) is 0 Å². The number of amides is 2. The highest BCUT2D eigenvalue weighted by atomic mass is 16.7. The number of carbonyl (C=O) groups excluding carboxylic acids is 1. The Kier molecular flexibility index (Phi) is 9.49. The van der Waals surface area contributed by atoms with E-state index in [1.807, 2.05) is 24.3 Å². The first-order valence-electron chi connectivity index (χ1n) is 8.58. The molecule has 0 fully saturated rings. The monoisotopic (exact) mass is 352 g/mol. The molecule has 6 nitrogen and oxygen atoms in total. The maximum Gasteiger partial charge on any atom is 0.319 e. The highest BCUT2D eigenvalue weighted by Gasteiger charge is 2.19. The molecule has 0 radical (unpaired) electrons. The van der Waals surface area contributed by atoms with Crippen molar-refractivity contribution in [1.82, 2.24) is 5.32 Å². The first kappa shape index (κ1) is 21.4. The zero-order chi connectivity index (χ0) is 18.7. The minimum absolute atomic E-state index is 0.00126.